The number of pyridine rings is 1. The van der Waals surface area contributed by atoms with E-state index in [2.05, 4.69) is 4.85 Å². The Balaban J connectivity index is 2.11. The minimum Gasteiger partial charge on any atom is -0.360 e. The number of ether oxygens (including phenoxy) is 1. The molecule has 2 heterocycles. The van der Waals surface area contributed by atoms with Crippen LogP contribution in [-0.4, -0.2) is 16.4 Å². The van der Waals surface area contributed by atoms with Crippen molar-refractivity contribution < 1.29 is 9.53 Å². The molecule has 1 aliphatic rings. The number of thiophene rings is 1. The van der Waals surface area contributed by atoms with E-state index in [9.17, 15) is 4.79 Å². The van der Waals surface area contributed by atoms with Gasteiger partial charge >= 0.3 is 0 Å². The smallest absolute Gasteiger partial charge is 0.187 e. The molecule has 4 rings (SSSR count). The first-order chi connectivity index (χ1) is 14.7. The van der Waals surface area contributed by atoms with Crippen molar-refractivity contribution in [3.63, 3.8) is 0 Å². The number of ketones is 1. The standard InChI is InChI=1S/C26H28N2O2S/c1-15-21(24(16(2)29)30-26(3,4)5)22(17-10-9-11-18(14-17)27-6)23-19-12-7-8-13-20(19)31-25(23)28-15/h9-11,14,24H,7-8,12-13H2,1-5H3. The van der Waals surface area contributed by atoms with Crippen LogP contribution in [0.2, 0.25) is 0 Å². The highest BCUT2D eigenvalue weighted by Gasteiger charge is 2.32. The van der Waals surface area contributed by atoms with E-state index in [0.717, 1.165) is 51.9 Å². The van der Waals surface area contributed by atoms with Gasteiger partial charge in [0.1, 0.15) is 10.9 Å². The molecule has 0 saturated carbocycles. The summed E-state index contributed by atoms with van der Waals surface area (Å²) in [5.74, 6) is -0.0362. The van der Waals surface area contributed by atoms with E-state index in [1.807, 2.05) is 52.0 Å². The summed E-state index contributed by atoms with van der Waals surface area (Å²) in [6.07, 6.45) is 3.78. The van der Waals surface area contributed by atoms with Gasteiger partial charge in [-0.1, -0.05) is 18.2 Å². The molecular weight excluding hydrogens is 404 g/mol. The summed E-state index contributed by atoms with van der Waals surface area (Å²) in [6, 6.07) is 7.69. The summed E-state index contributed by atoms with van der Waals surface area (Å²) in [5.41, 5.74) is 5.09. The topological polar surface area (TPSA) is 43.5 Å². The van der Waals surface area contributed by atoms with Gasteiger partial charge in [0, 0.05) is 21.5 Å². The SMILES string of the molecule is [C-]#[N+]c1cccc(-c2c(C(OC(C)(C)C)C(C)=O)c(C)nc3sc4c(c23)CCCC4)c1. The van der Waals surface area contributed by atoms with Gasteiger partial charge in [-0.05, 0) is 83.1 Å². The number of fused-ring (bicyclic) bond motifs is 3. The van der Waals surface area contributed by atoms with Crippen LogP contribution in [0.1, 0.15) is 68.3 Å². The number of benzene rings is 1. The van der Waals surface area contributed by atoms with Crippen LogP contribution < -0.4 is 0 Å². The minimum absolute atomic E-state index is 0.0362. The van der Waals surface area contributed by atoms with Crippen molar-refractivity contribution in [2.45, 2.75) is 72.0 Å². The second-order valence-electron chi connectivity index (χ2n) is 9.26. The zero-order chi connectivity index (χ0) is 22.3. The summed E-state index contributed by atoms with van der Waals surface area (Å²) in [4.78, 5) is 23.9. The number of rotatable bonds is 4. The van der Waals surface area contributed by atoms with E-state index < -0.39 is 11.7 Å². The normalized spacial score (nSPS) is 14.8. The van der Waals surface area contributed by atoms with Crippen LogP contribution in [0.15, 0.2) is 24.3 Å². The number of aryl methyl sites for hydroxylation is 3. The van der Waals surface area contributed by atoms with E-state index >= 15 is 0 Å². The molecule has 31 heavy (non-hydrogen) atoms. The van der Waals surface area contributed by atoms with E-state index in [1.165, 1.54) is 16.9 Å². The van der Waals surface area contributed by atoms with Crippen molar-refractivity contribution in [1.29, 1.82) is 0 Å². The third kappa shape index (κ3) is 4.15. The van der Waals surface area contributed by atoms with Crippen LogP contribution in [0.3, 0.4) is 0 Å². The number of aromatic nitrogens is 1. The maximum atomic E-state index is 12.8. The lowest BCUT2D eigenvalue weighted by molar-refractivity contribution is -0.138. The van der Waals surface area contributed by atoms with Crippen LogP contribution in [-0.2, 0) is 22.4 Å². The van der Waals surface area contributed by atoms with Gasteiger partial charge in [0.25, 0.3) is 0 Å². The summed E-state index contributed by atoms with van der Waals surface area (Å²) < 4.78 is 6.31. The monoisotopic (exact) mass is 432 g/mol. The van der Waals surface area contributed by atoms with Crippen LogP contribution >= 0.6 is 11.3 Å². The first-order valence-electron chi connectivity index (χ1n) is 10.8. The third-order valence-corrected chi connectivity index (χ3v) is 6.88. The maximum Gasteiger partial charge on any atom is 0.187 e. The fourth-order valence-electron chi connectivity index (χ4n) is 4.47. The Labute approximate surface area is 188 Å². The second kappa shape index (κ2) is 8.18. The Kier molecular flexibility index (Phi) is 5.72. The van der Waals surface area contributed by atoms with Crippen molar-refractivity contribution in [1.82, 2.24) is 4.98 Å². The van der Waals surface area contributed by atoms with Crippen LogP contribution in [0.5, 0.6) is 0 Å². The van der Waals surface area contributed by atoms with Gasteiger partial charge in [0.05, 0.1) is 12.2 Å². The van der Waals surface area contributed by atoms with Crippen LogP contribution in [0, 0.1) is 13.5 Å². The predicted molar refractivity (Wildman–Crippen MR) is 127 cm³/mol. The highest BCUT2D eigenvalue weighted by Crippen LogP contribution is 2.46. The molecule has 0 amide bonds. The quantitative estimate of drug-likeness (QED) is 0.411. The molecule has 1 atom stereocenters. The maximum absolute atomic E-state index is 12.8. The van der Waals surface area contributed by atoms with Crippen molar-refractivity contribution in [3.8, 4) is 11.1 Å². The van der Waals surface area contributed by atoms with E-state index in [0.29, 0.717) is 5.69 Å². The molecule has 0 N–H and O–H groups in total. The van der Waals surface area contributed by atoms with Gasteiger partial charge in [0.15, 0.2) is 11.5 Å². The Morgan fingerprint density at radius 3 is 2.68 bits per heavy atom. The second-order valence-corrected chi connectivity index (χ2v) is 10.3. The number of nitrogens with zero attached hydrogens (tertiary/aromatic N) is 2. The molecule has 0 fully saturated rings. The summed E-state index contributed by atoms with van der Waals surface area (Å²) in [7, 11) is 0. The fourth-order valence-corrected chi connectivity index (χ4v) is 5.78. The number of Topliss-reactive ketones (excluding diaryl/α,β-unsaturated/α-hetero) is 1. The van der Waals surface area contributed by atoms with Crippen molar-refractivity contribution in [2.75, 3.05) is 0 Å². The average Bonchev–Trinajstić information content (AvgIpc) is 3.08. The van der Waals surface area contributed by atoms with E-state index in [4.69, 9.17) is 16.3 Å². The highest BCUT2D eigenvalue weighted by atomic mass is 32.1. The molecule has 0 bridgehead atoms. The first kappa shape index (κ1) is 21.7. The molecule has 0 aliphatic heterocycles. The fraction of sp³-hybridized carbons (Fsp3) is 0.423. The van der Waals surface area contributed by atoms with Gasteiger partial charge in [0.2, 0.25) is 0 Å². The minimum atomic E-state index is -0.706. The Bertz CT molecular complexity index is 1210. The molecule has 1 aliphatic carbocycles. The van der Waals surface area contributed by atoms with Crippen LogP contribution in [0.25, 0.3) is 26.2 Å². The summed E-state index contributed by atoms with van der Waals surface area (Å²) in [5, 5.41) is 1.14. The van der Waals surface area contributed by atoms with Gasteiger partial charge in [-0.3, -0.25) is 4.79 Å². The lowest BCUT2D eigenvalue weighted by atomic mass is 9.87. The van der Waals surface area contributed by atoms with Crippen molar-refractivity contribution in [3.05, 3.63) is 57.4 Å². The average molecular weight is 433 g/mol. The number of carbonyl (C=O) groups is 1. The Hall–Kier alpha value is -2.55. The zero-order valence-corrected chi connectivity index (χ0v) is 19.7. The molecular formula is C26H28N2O2S. The van der Waals surface area contributed by atoms with Gasteiger partial charge in [-0.15, -0.1) is 11.3 Å². The Morgan fingerprint density at radius 1 is 1.26 bits per heavy atom. The number of hydrogen-bond acceptors (Lipinski definition) is 4. The molecule has 0 spiro atoms. The lowest BCUT2D eigenvalue weighted by Gasteiger charge is -2.29. The molecule has 0 saturated heterocycles. The predicted octanol–water partition coefficient (Wildman–Crippen LogP) is 7.15. The number of carbonyl (C=O) groups excluding carboxylic acids is 1. The molecule has 4 nitrogen and oxygen atoms in total. The van der Waals surface area contributed by atoms with Gasteiger partial charge in [-0.2, -0.15) is 0 Å². The molecule has 5 heteroatoms. The third-order valence-electron chi connectivity index (χ3n) is 5.70. The highest BCUT2D eigenvalue weighted by molar-refractivity contribution is 7.19. The van der Waals surface area contributed by atoms with Crippen molar-refractivity contribution in [2.24, 2.45) is 0 Å². The lowest BCUT2D eigenvalue weighted by Crippen LogP contribution is -2.27. The first-order valence-corrected chi connectivity index (χ1v) is 11.6. The molecule has 160 valence electrons. The largest absolute Gasteiger partial charge is 0.360 e. The molecule has 1 aromatic carbocycles. The molecule has 3 aromatic rings. The number of hydrogen-bond donors (Lipinski definition) is 0. The summed E-state index contributed by atoms with van der Waals surface area (Å²) in [6.45, 7) is 17.0. The van der Waals surface area contributed by atoms with Crippen LogP contribution in [0.4, 0.5) is 5.69 Å². The van der Waals surface area contributed by atoms with Gasteiger partial charge < -0.3 is 4.74 Å². The molecule has 1 unspecified atom stereocenters. The molecule has 2 aromatic heterocycles. The van der Waals surface area contributed by atoms with E-state index in [-0.39, 0.29) is 5.78 Å². The molecule has 0 radical (unpaired) electrons. The Morgan fingerprint density at radius 2 is 2.00 bits per heavy atom. The van der Waals surface area contributed by atoms with E-state index in [1.54, 1.807) is 18.3 Å². The van der Waals surface area contributed by atoms with Crippen molar-refractivity contribution >= 4 is 33.0 Å². The zero-order valence-electron chi connectivity index (χ0n) is 18.8. The van der Waals surface area contributed by atoms with Gasteiger partial charge in [-0.25, -0.2) is 9.83 Å². The summed E-state index contributed by atoms with van der Waals surface area (Å²) >= 11 is 1.78.